The van der Waals surface area contributed by atoms with Gasteiger partial charge in [-0.15, -0.1) is 0 Å². The predicted octanol–water partition coefficient (Wildman–Crippen LogP) is 3.71. The minimum atomic E-state index is -0.588. The molecular weight excluding hydrogens is 304 g/mol. The molecule has 1 N–H and O–H groups in total. The highest BCUT2D eigenvalue weighted by atomic mass is 16.6. The highest BCUT2D eigenvalue weighted by Crippen LogP contribution is 2.23. The summed E-state index contributed by atoms with van der Waals surface area (Å²) in [6, 6.07) is 3.63. The van der Waals surface area contributed by atoms with Gasteiger partial charge in [-0.2, -0.15) is 0 Å². The molecule has 1 fully saturated rings. The number of allylic oxidation sites excluding steroid dienone is 1. The molecule has 5 nitrogen and oxygen atoms in total. The Morgan fingerprint density at radius 1 is 1.38 bits per heavy atom. The zero-order chi connectivity index (χ0) is 17.6. The molecule has 0 bridgehead atoms. The van der Waals surface area contributed by atoms with E-state index in [1.165, 1.54) is 0 Å². The van der Waals surface area contributed by atoms with Gasteiger partial charge in [0.25, 0.3) is 0 Å². The molecule has 1 atom stereocenters. The Kier molecular flexibility index (Phi) is 6.37. The smallest absolute Gasteiger partial charge is 0.410 e. The third-order valence-corrected chi connectivity index (χ3v) is 4.10. The first-order valence-electron chi connectivity index (χ1n) is 8.58. The Labute approximate surface area is 144 Å². The number of rotatable bonds is 4. The molecule has 2 heterocycles. The van der Waals surface area contributed by atoms with Gasteiger partial charge in [0.1, 0.15) is 5.60 Å². The van der Waals surface area contributed by atoms with Gasteiger partial charge in [0.2, 0.25) is 0 Å². The minimum absolute atomic E-state index is 0.218. The number of likely N-dealkylation sites (tertiary alicyclic amines) is 1. The first kappa shape index (κ1) is 18.5. The van der Waals surface area contributed by atoms with Crippen LogP contribution in [0.3, 0.4) is 0 Å². The Bertz CT molecular complexity index is 543. The Balaban J connectivity index is 1.73. The summed E-state index contributed by atoms with van der Waals surface area (Å²) in [6.07, 6.45) is 9.28. The summed E-state index contributed by atoms with van der Waals surface area (Å²) in [6.45, 7) is 7.13. The molecule has 1 unspecified atom stereocenters. The third-order valence-electron chi connectivity index (χ3n) is 4.10. The number of carbonyl (C=O) groups excluding carboxylic acids is 1. The number of aliphatic hydroxyl groups is 1. The van der Waals surface area contributed by atoms with Crippen molar-refractivity contribution >= 4 is 6.09 Å². The van der Waals surface area contributed by atoms with Gasteiger partial charge in [-0.05, 0) is 63.6 Å². The molecule has 2 rings (SSSR count). The lowest BCUT2D eigenvalue weighted by Gasteiger charge is -2.33. The Hall–Kier alpha value is -1.88. The second-order valence-corrected chi connectivity index (χ2v) is 7.30. The fourth-order valence-electron chi connectivity index (χ4n) is 2.75. The lowest BCUT2D eigenvalue weighted by Crippen LogP contribution is -2.41. The summed E-state index contributed by atoms with van der Waals surface area (Å²) in [5, 5.41) is 10.1. The molecule has 1 aromatic rings. The van der Waals surface area contributed by atoms with Gasteiger partial charge in [-0.3, -0.25) is 4.98 Å². The van der Waals surface area contributed by atoms with Crippen molar-refractivity contribution < 1.29 is 14.6 Å². The lowest BCUT2D eigenvalue weighted by molar-refractivity contribution is 0.0185. The van der Waals surface area contributed by atoms with Gasteiger partial charge in [-0.25, -0.2) is 4.79 Å². The molecule has 1 amide bonds. The monoisotopic (exact) mass is 332 g/mol. The summed E-state index contributed by atoms with van der Waals surface area (Å²) in [5.41, 5.74) is 0.403. The average molecular weight is 332 g/mol. The molecule has 5 heteroatoms. The number of carbonyl (C=O) groups is 1. The van der Waals surface area contributed by atoms with Crippen molar-refractivity contribution in [1.82, 2.24) is 9.88 Å². The Morgan fingerprint density at radius 2 is 2.00 bits per heavy atom. The van der Waals surface area contributed by atoms with Gasteiger partial charge < -0.3 is 14.7 Å². The molecule has 0 spiro atoms. The highest BCUT2D eigenvalue weighted by molar-refractivity contribution is 5.68. The average Bonchev–Trinajstić information content (AvgIpc) is 2.54. The second kappa shape index (κ2) is 8.29. The SMILES string of the molecule is CC(C)(C)OC(=O)N1CCC(C/C=C\C(O)c2ccncc2)CC1. The topological polar surface area (TPSA) is 62.7 Å². The molecule has 1 aliphatic heterocycles. The van der Waals surface area contributed by atoms with E-state index in [0.29, 0.717) is 5.92 Å². The number of aliphatic hydroxyl groups excluding tert-OH is 1. The van der Waals surface area contributed by atoms with E-state index in [-0.39, 0.29) is 6.09 Å². The summed E-state index contributed by atoms with van der Waals surface area (Å²) < 4.78 is 5.41. The molecule has 0 radical (unpaired) electrons. The van der Waals surface area contributed by atoms with Crippen molar-refractivity contribution in [1.29, 1.82) is 0 Å². The summed E-state index contributed by atoms with van der Waals surface area (Å²) in [7, 11) is 0. The van der Waals surface area contributed by atoms with E-state index in [1.807, 2.05) is 45.1 Å². The van der Waals surface area contributed by atoms with E-state index in [2.05, 4.69) is 4.98 Å². The number of hydrogen-bond donors (Lipinski definition) is 1. The minimum Gasteiger partial charge on any atom is -0.444 e. The molecule has 24 heavy (non-hydrogen) atoms. The fourth-order valence-corrected chi connectivity index (χ4v) is 2.75. The zero-order valence-electron chi connectivity index (χ0n) is 14.8. The summed E-state index contributed by atoms with van der Waals surface area (Å²) >= 11 is 0. The maximum atomic E-state index is 12.0. The molecule has 0 saturated carbocycles. The van der Waals surface area contributed by atoms with Crippen molar-refractivity contribution in [3.8, 4) is 0 Å². The normalized spacial score (nSPS) is 17.9. The quantitative estimate of drug-likeness (QED) is 0.854. The fraction of sp³-hybridized carbons (Fsp3) is 0.579. The van der Waals surface area contributed by atoms with Crippen LogP contribution in [0.1, 0.15) is 51.7 Å². The van der Waals surface area contributed by atoms with Crippen LogP contribution in [-0.4, -0.2) is 39.8 Å². The number of amides is 1. The maximum absolute atomic E-state index is 12.0. The molecule has 0 aromatic carbocycles. The van der Waals surface area contributed by atoms with Crippen molar-refractivity contribution in [2.24, 2.45) is 5.92 Å². The Morgan fingerprint density at radius 3 is 2.58 bits per heavy atom. The number of aromatic nitrogens is 1. The van der Waals surface area contributed by atoms with E-state index in [1.54, 1.807) is 17.3 Å². The summed E-state index contributed by atoms with van der Waals surface area (Å²) in [4.78, 5) is 17.8. The van der Waals surface area contributed by atoms with Crippen LogP contribution < -0.4 is 0 Å². The van der Waals surface area contributed by atoms with Gasteiger partial charge in [0.05, 0.1) is 6.10 Å². The van der Waals surface area contributed by atoms with E-state index >= 15 is 0 Å². The molecule has 1 aliphatic rings. The zero-order valence-corrected chi connectivity index (χ0v) is 14.8. The number of pyridine rings is 1. The first-order chi connectivity index (χ1) is 11.3. The standard InChI is InChI=1S/C19H28N2O3/c1-19(2,3)24-18(23)21-13-9-15(10-14-21)5-4-6-17(22)16-7-11-20-12-8-16/h4,6-8,11-12,15,17,22H,5,9-10,13-14H2,1-3H3/b6-4-. The number of hydrogen-bond acceptors (Lipinski definition) is 4. The van der Waals surface area contributed by atoms with E-state index in [4.69, 9.17) is 4.74 Å². The number of nitrogens with zero attached hydrogens (tertiary/aromatic N) is 2. The molecule has 0 aliphatic carbocycles. The van der Waals surface area contributed by atoms with Crippen LogP contribution in [0.4, 0.5) is 4.79 Å². The van der Waals surface area contributed by atoms with Crippen LogP contribution >= 0.6 is 0 Å². The third kappa shape index (κ3) is 5.96. The first-order valence-corrected chi connectivity index (χ1v) is 8.58. The van der Waals surface area contributed by atoms with Crippen LogP contribution in [0.2, 0.25) is 0 Å². The highest BCUT2D eigenvalue weighted by Gasteiger charge is 2.26. The van der Waals surface area contributed by atoms with Crippen LogP contribution in [0, 0.1) is 5.92 Å². The molecule has 1 aromatic heterocycles. The van der Waals surface area contributed by atoms with E-state index in [0.717, 1.165) is 37.9 Å². The summed E-state index contributed by atoms with van der Waals surface area (Å²) in [5.74, 6) is 0.546. The van der Waals surface area contributed by atoms with Gasteiger partial charge in [-0.1, -0.05) is 12.2 Å². The van der Waals surface area contributed by atoms with Crippen molar-refractivity contribution in [3.63, 3.8) is 0 Å². The van der Waals surface area contributed by atoms with Crippen molar-refractivity contribution in [2.75, 3.05) is 13.1 Å². The van der Waals surface area contributed by atoms with Gasteiger partial charge >= 0.3 is 6.09 Å². The number of piperidine rings is 1. The second-order valence-electron chi connectivity index (χ2n) is 7.30. The van der Waals surface area contributed by atoms with Gasteiger partial charge in [0.15, 0.2) is 0 Å². The van der Waals surface area contributed by atoms with E-state index in [9.17, 15) is 9.90 Å². The van der Waals surface area contributed by atoms with Crippen LogP contribution in [0.25, 0.3) is 0 Å². The number of ether oxygens (including phenoxy) is 1. The van der Waals surface area contributed by atoms with Crippen LogP contribution in [0.15, 0.2) is 36.7 Å². The van der Waals surface area contributed by atoms with E-state index < -0.39 is 11.7 Å². The van der Waals surface area contributed by atoms with Crippen molar-refractivity contribution in [2.45, 2.75) is 51.7 Å². The largest absolute Gasteiger partial charge is 0.444 e. The molecule has 132 valence electrons. The van der Waals surface area contributed by atoms with Crippen molar-refractivity contribution in [3.05, 3.63) is 42.2 Å². The van der Waals surface area contributed by atoms with Crippen LogP contribution in [0.5, 0.6) is 0 Å². The predicted molar refractivity (Wildman–Crippen MR) is 93.5 cm³/mol. The molecular formula is C19H28N2O3. The van der Waals surface area contributed by atoms with Crippen LogP contribution in [-0.2, 0) is 4.74 Å². The molecule has 1 saturated heterocycles. The maximum Gasteiger partial charge on any atom is 0.410 e. The lowest BCUT2D eigenvalue weighted by atomic mass is 9.93. The van der Waals surface area contributed by atoms with Gasteiger partial charge in [0, 0.05) is 25.5 Å².